The number of fused-ring (bicyclic) bond motifs is 1. The van der Waals surface area contributed by atoms with Gasteiger partial charge in [-0.05, 0) is 12.1 Å². The Morgan fingerprint density at radius 2 is 1.61 bits per heavy atom. The van der Waals surface area contributed by atoms with Crippen LogP contribution in [-0.2, 0) is 11.3 Å². The van der Waals surface area contributed by atoms with E-state index in [9.17, 15) is 14.4 Å². The Hall–Kier alpha value is -3.75. The van der Waals surface area contributed by atoms with Crippen molar-refractivity contribution in [3.05, 3.63) is 57.2 Å². The standard InChI is InChI=1S/C19H19N3O6/c1-26-14-8-11(9-15(27-2)17(14)28-3)22-18(24)12-6-4-5-7-13(12)21(19(22)25)10-16(20)23/h4-9H,10H2,1-3H3,(H2,20,23). The average Bonchev–Trinajstić information content (AvgIpc) is 2.70. The van der Waals surface area contributed by atoms with Gasteiger partial charge in [0.25, 0.3) is 5.56 Å². The van der Waals surface area contributed by atoms with Crippen molar-refractivity contribution in [2.45, 2.75) is 6.54 Å². The maximum atomic E-state index is 13.1. The number of carbonyl (C=O) groups excluding carboxylic acids is 1. The molecule has 0 atom stereocenters. The first-order valence-corrected chi connectivity index (χ1v) is 8.26. The van der Waals surface area contributed by atoms with Gasteiger partial charge in [-0.1, -0.05) is 12.1 Å². The summed E-state index contributed by atoms with van der Waals surface area (Å²) in [7, 11) is 4.30. The molecule has 1 heterocycles. The summed E-state index contributed by atoms with van der Waals surface area (Å²) in [4.78, 5) is 37.7. The van der Waals surface area contributed by atoms with Gasteiger partial charge in [-0.15, -0.1) is 0 Å². The predicted octanol–water partition coefficient (Wildman–Crippen LogP) is 0.663. The molecule has 0 spiro atoms. The number of aromatic nitrogens is 2. The lowest BCUT2D eigenvalue weighted by Crippen LogP contribution is -2.41. The van der Waals surface area contributed by atoms with Gasteiger partial charge in [0.2, 0.25) is 11.7 Å². The Bertz CT molecular complexity index is 1150. The van der Waals surface area contributed by atoms with Gasteiger partial charge in [0, 0.05) is 12.1 Å². The molecular formula is C19H19N3O6. The second-order valence-corrected chi connectivity index (χ2v) is 5.88. The Morgan fingerprint density at radius 3 is 2.14 bits per heavy atom. The van der Waals surface area contributed by atoms with Crippen LogP contribution < -0.4 is 31.2 Å². The number of primary amides is 1. The first kappa shape index (κ1) is 19.0. The summed E-state index contributed by atoms with van der Waals surface area (Å²) in [5.74, 6) is 0.165. The molecule has 9 nitrogen and oxygen atoms in total. The van der Waals surface area contributed by atoms with Crippen molar-refractivity contribution < 1.29 is 19.0 Å². The minimum atomic E-state index is -0.711. The molecule has 0 aliphatic heterocycles. The molecule has 2 aromatic carbocycles. The number of hydrogen-bond acceptors (Lipinski definition) is 6. The summed E-state index contributed by atoms with van der Waals surface area (Å²) >= 11 is 0. The molecule has 146 valence electrons. The highest BCUT2D eigenvalue weighted by atomic mass is 16.5. The molecule has 9 heteroatoms. The van der Waals surface area contributed by atoms with Crippen LogP contribution >= 0.6 is 0 Å². The zero-order chi connectivity index (χ0) is 20.4. The normalized spacial score (nSPS) is 10.7. The fraction of sp³-hybridized carbons (Fsp3) is 0.211. The van der Waals surface area contributed by atoms with Crippen LogP contribution in [0, 0.1) is 0 Å². The van der Waals surface area contributed by atoms with Crippen LogP contribution in [0.5, 0.6) is 17.2 Å². The van der Waals surface area contributed by atoms with E-state index in [1.807, 2.05) is 0 Å². The number of para-hydroxylation sites is 1. The summed E-state index contributed by atoms with van der Waals surface area (Å²) in [5, 5.41) is 0.261. The summed E-state index contributed by atoms with van der Waals surface area (Å²) in [6.45, 7) is -0.371. The Morgan fingerprint density at radius 1 is 1.00 bits per heavy atom. The molecule has 0 fully saturated rings. The van der Waals surface area contributed by atoms with Crippen molar-refractivity contribution in [2.24, 2.45) is 5.73 Å². The van der Waals surface area contributed by atoms with Crippen molar-refractivity contribution in [1.29, 1.82) is 0 Å². The monoisotopic (exact) mass is 385 g/mol. The topological polar surface area (TPSA) is 115 Å². The smallest absolute Gasteiger partial charge is 0.336 e. The number of benzene rings is 2. The van der Waals surface area contributed by atoms with Gasteiger partial charge in [0.1, 0.15) is 6.54 Å². The molecule has 0 radical (unpaired) electrons. The first-order chi connectivity index (χ1) is 13.4. The number of amides is 1. The average molecular weight is 385 g/mol. The molecule has 0 aliphatic carbocycles. The van der Waals surface area contributed by atoms with E-state index >= 15 is 0 Å². The number of methoxy groups -OCH3 is 3. The highest BCUT2D eigenvalue weighted by Gasteiger charge is 2.19. The molecule has 3 aromatic rings. The fourth-order valence-electron chi connectivity index (χ4n) is 3.05. The molecule has 0 unspecified atom stereocenters. The van der Waals surface area contributed by atoms with Crippen LogP contribution in [0.15, 0.2) is 46.0 Å². The van der Waals surface area contributed by atoms with Crippen LogP contribution in [0.4, 0.5) is 0 Å². The maximum Gasteiger partial charge on any atom is 0.336 e. The van der Waals surface area contributed by atoms with Gasteiger partial charge in [-0.3, -0.25) is 14.2 Å². The molecule has 3 rings (SSSR count). The number of carbonyl (C=O) groups is 1. The first-order valence-electron chi connectivity index (χ1n) is 8.26. The number of hydrogen-bond donors (Lipinski definition) is 1. The molecule has 2 N–H and O–H groups in total. The highest BCUT2D eigenvalue weighted by molar-refractivity contribution is 5.81. The molecule has 28 heavy (non-hydrogen) atoms. The zero-order valence-corrected chi connectivity index (χ0v) is 15.6. The molecule has 1 amide bonds. The largest absolute Gasteiger partial charge is 0.493 e. The lowest BCUT2D eigenvalue weighted by molar-refractivity contribution is -0.118. The third kappa shape index (κ3) is 3.07. The lowest BCUT2D eigenvalue weighted by Gasteiger charge is -2.16. The van der Waals surface area contributed by atoms with E-state index in [1.165, 1.54) is 33.5 Å². The molecule has 0 saturated carbocycles. The minimum Gasteiger partial charge on any atom is -0.493 e. The summed E-state index contributed by atoms with van der Waals surface area (Å²) in [5.41, 5.74) is 4.56. The number of nitrogens with zero attached hydrogens (tertiary/aromatic N) is 2. The van der Waals surface area contributed by atoms with Crippen molar-refractivity contribution in [3.8, 4) is 22.9 Å². The Kier molecular flexibility index (Phi) is 5.08. The van der Waals surface area contributed by atoms with Gasteiger partial charge in [-0.2, -0.15) is 0 Å². The van der Waals surface area contributed by atoms with Gasteiger partial charge in [-0.25, -0.2) is 9.36 Å². The van der Waals surface area contributed by atoms with Crippen LogP contribution in [-0.4, -0.2) is 36.4 Å². The second kappa shape index (κ2) is 7.47. The van der Waals surface area contributed by atoms with Crippen molar-refractivity contribution >= 4 is 16.8 Å². The van der Waals surface area contributed by atoms with Crippen LogP contribution in [0.25, 0.3) is 16.6 Å². The number of nitrogens with two attached hydrogens (primary N) is 1. The number of ether oxygens (including phenoxy) is 3. The highest BCUT2D eigenvalue weighted by Crippen LogP contribution is 2.38. The van der Waals surface area contributed by atoms with E-state index in [2.05, 4.69) is 0 Å². The Balaban J connectivity index is 2.43. The molecule has 0 saturated heterocycles. The van der Waals surface area contributed by atoms with E-state index in [0.717, 1.165) is 9.13 Å². The summed E-state index contributed by atoms with van der Waals surface area (Å²) < 4.78 is 18.0. The molecule has 0 bridgehead atoms. The summed E-state index contributed by atoms with van der Waals surface area (Å²) in [6, 6.07) is 9.45. The molecular weight excluding hydrogens is 366 g/mol. The van der Waals surface area contributed by atoms with Crippen molar-refractivity contribution in [1.82, 2.24) is 9.13 Å². The van der Waals surface area contributed by atoms with Crippen LogP contribution in [0.1, 0.15) is 0 Å². The molecule has 0 aliphatic rings. The van der Waals surface area contributed by atoms with E-state index in [0.29, 0.717) is 11.3 Å². The van der Waals surface area contributed by atoms with E-state index < -0.39 is 17.2 Å². The summed E-state index contributed by atoms with van der Waals surface area (Å²) in [6.07, 6.45) is 0. The van der Waals surface area contributed by atoms with Crippen molar-refractivity contribution in [2.75, 3.05) is 21.3 Å². The maximum absolute atomic E-state index is 13.1. The van der Waals surface area contributed by atoms with E-state index in [-0.39, 0.29) is 29.1 Å². The van der Waals surface area contributed by atoms with Crippen molar-refractivity contribution in [3.63, 3.8) is 0 Å². The third-order valence-electron chi connectivity index (χ3n) is 4.27. The van der Waals surface area contributed by atoms with E-state index in [4.69, 9.17) is 19.9 Å². The van der Waals surface area contributed by atoms with Gasteiger partial charge >= 0.3 is 5.69 Å². The minimum absolute atomic E-state index is 0.202. The van der Waals surface area contributed by atoms with Crippen LogP contribution in [0.3, 0.4) is 0 Å². The Labute approximate surface area is 159 Å². The SMILES string of the molecule is COc1cc(-n2c(=O)c3ccccc3n(CC(N)=O)c2=O)cc(OC)c1OC. The van der Waals surface area contributed by atoms with Gasteiger partial charge < -0.3 is 19.9 Å². The predicted molar refractivity (Wildman–Crippen MR) is 103 cm³/mol. The van der Waals surface area contributed by atoms with E-state index in [1.54, 1.807) is 24.3 Å². The second-order valence-electron chi connectivity index (χ2n) is 5.88. The van der Waals surface area contributed by atoms with Gasteiger partial charge in [0.05, 0.1) is 37.9 Å². The number of rotatable bonds is 6. The molecule has 1 aromatic heterocycles. The zero-order valence-electron chi connectivity index (χ0n) is 15.6. The van der Waals surface area contributed by atoms with Gasteiger partial charge in [0.15, 0.2) is 11.5 Å². The fourth-order valence-corrected chi connectivity index (χ4v) is 3.05. The van der Waals surface area contributed by atoms with Crippen LogP contribution in [0.2, 0.25) is 0 Å². The lowest BCUT2D eigenvalue weighted by atomic mass is 10.2. The quantitative estimate of drug-likeness (QED) is 0.667. The third-order valence-corrected chi connectivity index (χ3v) is 4.27.